The van der Waals surface area contributed by atoms with Crippen molar-refractivity contribution < 1.29 is 4.79 Å². The highest BCUT2D eigenvalue weighted by Crippen LogP contribution is 2.22. The molecule has 96 valence electrons. The van der Waals surface area contributed by atoms with Gasteiger partial charge >= 0.3 is 0 Å². The van der Waals surface area contributed by atoms with Crippen LogP contribution in [0.1, 0.15) is 11.3 Å². The normalized spacial score (nSPS) is 11.6. The van der Waals surface area contributed by atoms with Gasteiger partial charge in [-0.05, 0) is 12.1 Å². The van der Waals surface area contributed by atoms with Gasteiger partial charge in [0.15, 0.2) is 0 Å². The Morgan fingerprint density at radius 2 is 2.44 bits per heavy atom. The molecule has 1 heterocycles. The average molecular weight is 283 g/mol. The van der Waals surface area contributed by atoms with E-state index < -0.39 is 6.04 Å². The lowest BCUT2D eigenvalue weighted by molar-refractivity contribution is -0.132. The molecule has 3 nitrogen and oxygen atoms in total. The van der Waals surface area contributed by atoms with E-state index in [1.165, 1.54) is 11.3 Å². The highest BCUT2D eigenvalue weighted by Gasteiger charge is 2.20. The van der Waals surface area contributed by atoms with Gasteiger partial charge in [0.2, 0.25) is 5.91 Å². The number of terminal acetylenes is 1. The molecule has 1 unspecified atom stereocenters. The third kappa shape index (κ3) is 4.19. The molecule has 1 rings (SSSR count). The maximum atomic E-state index is 12.1. The van der Waals surface area contributed by atoms with Crippen LogP contribution in [0.2, 0.25) is 4.34 Å². The minimum atomic E-state index is -0.662. The van der Waals surface area contributed by atoms with Crippen LogP contribution in [0.3, 0.4) is 0 Å². The highest BCUT2D eigenvalue weighted by atomic mass is 35.5. The first-order valence-corrected chi connectivity index (χ1v) is 6.61. The summed E-state index contributed by atoms with van der Waals surface area (Å²) in [6.07, 6.45) is 7.06. The first kappa shape index (κ1) is 14.8. The van der Waals surface area contributed by atoms with Crippen molar-refractivity contribution in [2.75, 3.05) is 6.54 Å². The molecule has 0 aliphatic heterocycles. The minimum Gasteiger partial charge on any atom is -0.332 e. The molecule has 0 aromatic carbocycles. The Balaban J connectivity index is 2.73. The van der Waals surface area contributed by atoms with Crippen molar-refractivity contribution in [3.8, 4) is 12.3 Å². The van der Waals surface area contributed by atoms with E-state index in [0.29, 0.717) is 17.4 Å². The fourth-order valence-corrected chi connectivity index (χ4v) is 2.57. The molecule has 0 radical (unpaired) electrons. The van der Waals surface area contributed by atoms with Gasteiger partial charge in [-0.15, -0.1) is 30.3 Å². The van der Waals surface area contributed by atoms with E-state index >= 15 is 0 Å². The van der Waals surface area contributed by atoms with Crippen LogP contribution in [0.25, 0.3) is 0 Å². The van der Waals surface area contributed by atoms with Gasteiger partial charge in [-0.25, -0.2) is 0 Å². The largest absolute Gasteiger partial charge is 0.332 e. The van der Waals surface area contributed by atoms with Gasteiger partial charge < -0.3 is 10.6 Å². The third-order valence-electron chi connectivity index (χ3n) is 2.29. The fraction of sp³-hybridized carbons (Fsp3) is 0.308. The number of thiophene rings is 1. The van der Waals surface area contributed by atoms with Crippen LogP contribution in [0, 0.1) is 12.3 Å². The molecule has 2 N–H and O–H groups in total. The molecular weight excluding hydrogens is 268 g/mol. The Morgan fingerprint density at radius 3 is 2.94 bits per heavy atom. The number of carbonyl (C=O) groups is 1. The van der Waals surface area contributed by atoms with E-state index in [-0.39, 0.29) is 12.3 Å². The van der Waals surface area contributed by atoms with Gasteiger partial charge in [-0.1, -0.05) is 17.7 Å². The van der Waals surface area contributed by atoms with Crippen LogP contribution in [-0.4, -0.2) is 23.4 Å². The lowest BCUT2D eigenvalue weighted by Gasteiger charge is -2.23. The smallest absolute Gasteiger partial charge is 0.241 e. The van der Waals surface area contributed by atoms with Crippen molar-refractivity contribution in [3.05, 3.63) is 34.0 Å². The van der Waals surface area contributed by atoms with Gasteiger partial charge in [-0.2, -0.15) is 0 Å². The SMILES string of the molecule is C#CCC(N)C(=O)N(CC=C)Cc1ccc(Cl)s1. The number of nitrogens with two attached hydrogens (primary N) is 1. The second kappa shape index (κ2) is 7.22. The fourth-order valence-electron chi connectivity index (χ4n) is 1.46. The standard InChI is InChI=1S/C13H15ClN2OS/c1-3-5-11(15)13(17)16(8-4-2)9-10-6-7-12(14)18-10/h1,4,6-7,11H,2,5,8-9,15H2. The predicted octanol–water partition coefficient (Wildman–Crippen LogP) is 2.27. The number of rotatable bonds is 6. The first-order valence-electron chi connectivity index (χ1n) is 5.41. The van der Waals surface area contributed by atoms with Crippen LogP contribution < -0.4 is 5.73 Å². The lowest BCUT2D eigenvalue weighted by Crippen LogP contribution is -2.43. The van der Waals surface area contributed by atoms with E-state index in [4.69, 9.17) is 23.8 Å². The van der Waals surface area contributed by atoms with Crippen molar-refractivity contribution in [1.29, 1.82) is 0 Å². The van der Waals surface area contributed by atoms with E-state index in [9.17, 15) is 4.79 Å². The number of hydrogen-bond acceptors (Lipinski definition) is 3. The predicted molar refractivity (Wildman–Crippen MR) is 76.4 cm³/mol. The average Bonchev–Trinajstić information content (AvgIpc) is 2.73. The van der Waals surface area contributed by atoms with E-state index in [1.54, 1.807) is 17.0 Å². The van der Waals surface area contributed by atoms with Gasteiger partial charge in [0, 0.05) is 17.8 Å². The third-order valence-corrected chi connectivity index (χ3v) is 3.51. The van der Waals surface area contributed by atoms with Crippen molar-refractivity contribution >= 4 is 28.8 Å². The molecule has 0 bridgehead atoms. The Kier molecular flexibility index (Phi) is 5.93. The molecule has 0 saturated carbocycles. The Morgan fingerprint density at radius 1 is 1.72 bits per heavy atom. The number of hydrogen-bond donors (Lipinski definition) is 1. The van der Waals surface area contributed by atoms with Crippen LogP contribution in [0.4, 0.5) is 0 Å². The Hall–Kier alpha value is -1.28. The second-order valence-corrected chi connectivity index (χ2v) is 5.53. The number of nitrogens with zero attached hydrogens (tertiary/aromatic N) is 1. The van der Waals surface area contributed by atoms with E-state index in [1.807, 2.05) is 6.07 Å². The second-order valence-electron chi connectivity index (χ2n) is 3.73. The summed E-state index contributed by atoms with van der Waals surface area (Å²) in [6.45, 7) is 4.55. The summed E-state index contributed by atoms with van der Waals surface area (Å²) in [5, 5.41) is 0. The van der Waals surface area contributed by atoms with Crippen molar-refractivity contribution in [2.45, 2.75) is 19.0 Å². The molecule has 1 aromatic rings. The molecule has 0 saturated heterocycles. The summed E-state index contributed by atoms with van der Waals surface area (Å²) in [4.78, 5) is 14.7. The van der Waals surface area contributed by atoms with Crippen molar-refractivity contribution in [2.24, 2.45) is 5.73 Å². The Labute approximate surface area is 116 Å². The minimum absolute atomic E-state index is 0.169. The van der Waals surface area contributed by atoms with E-state index in [2.05, 4.69) is 12.5 Å². The van der Waals surface area contributed by atoms with Crippen molar-refractivity contribution in [1.82, 2.24) is 4.90 Å². The molecular formula is C13H15ClN2OS. The first-order chi connectivity index (χ1) is 8.58. The Bertz CT molecular complexity index is 464. The zero-order chi connectivity index (χ0) is 13.5. The van der Waals surface area contributed by atoms with Crippen LogP contribution in [-0.2, 0) is 11.3 Å². The van der Waals surface area contributed by atoms with E-state index in [0.717, 1.165) is 4.88 Å². The molecule has 0 spiro atoms. The molecule has 18 heavy (non-hydrogen) atoms. The summed E-state index contributed by atoms with van der Waals surface area (Å²) in [6, 6.07) is 3.04. The topological polar surface area (TPSA) is 46.3 Å². The van der Waals surface area contributed by atoms with Gasteiger partial charge in [0.1, 0.15) is 0 Å². The zero-order valence-corrected chi connectivity index (χ0v) is 11.5. The number of amides is 1. The van der Waals surface area contributed by atoms with Gasteiger partial charge in [-0.3, -0.25) is 4.79 Å². The number of halogens is 1. The summed E-state index contributed by atoms with van der Waals surface area (Å²) in [7, 11) is 0. The maximum absolute atomic E-state index is 12.1. The van der Waals surface area contributed by atoms with Crippen LogP contribution in [0.15, 0.2) is 24.8 Å². The molecule has 0 aliphatic carbocycles. The zero-order valence-electron chi connectivity index (χ0n) is 9.93. The molecule has 0 aliphatic rings. The monoisotopic (exact) mass is 282 g/mol. The lowest BCUT2D eigenvalue weighted by atomic mass is 10.2. The summed E-state index contributed by atoms with van der Waals surface area (Å²) < 4.78 is 0.698. The quantitative estimate of drug-likeness (QED) is 0.643. The number of carbonyl (C=O) groups excluding carboxylic acids is 1. The molecule has 1 atom stereocenters. The van der Waals surface area contributed by atoms with Crippen LogP contribution >= 0.6 is 22.9 Å². The molecule has 1 amide bonds. The molecule has 1 aromatic heterocycles. The van der Waals surface area contributed by atoms with Gasteiger partial charge in [0.05, 0.1) is 16.9 Å². The van der Waals surface area contributed by atoms with Crippen molar-refractivity contribution in [3.63, 3.8) is 0 Å². The maximum Gasteiger partial charge on any atom is 0.241 e. The van der Waals surface area contributed by atoms with Gasteiger partial charge in [0.25, 0.3) is 0 Å². The molecule has 5 heteroatoms. The van der Waals surface area contributed by atoms with Crippen LogP contribution in [0.5, 0.6) is 0 Å². The highest BCUT2D eigenvalue weighted by molar-refractivity contribution is 7.16. The summed E-state index contributed by atoms with van der Waals surface area (Å²) >= 11 is 7.30. The summed E-state index contributed by atoms with van der Waals surface area (Å²) in [5.41, 5.74) is 5.73. The molecule has 0 fully saturated rings. The summed E-state index contributed by atoms with van der Waals surface area (Å²) in [5.74, 6) is 2.23.